The van der Waals surface area contributed by atoms with Crippen LogP contribution < -0.4 is 11.5 Å². The molecule has 15 heavy (non-hydrogen) atoms. The fourth-order valence-electron chi connectivity index (χ4n) is 2.45. The summed E-state index contributed by atoms with van der Waals surface area (Å²) in [5, 5.41) is 0. The van der Waals surface area contributed by atoms with Crippen molar-refractivity contribution in [1.82, 2.24) is 0 Å². The predicted octanol–water partition coefficient (Wildman–Crippen LogP) is 2.97. The minimum Gasteiger partial charge on any atom is -0.397 e. The van der Waals surface area contributed by atoms with Crippen molar-refractivity contribution < 1.29 is 0 Å². The monoisotopic (exact) mass is 204 g/mol. The second-order valence-corrected chi connectivity index (χ2v) is 4.65. The zero-order valence-corrected chi connectivity index (χ0v) is 9.21. The summed E-state index contributed by atoms with van der Waals surface area (Å²) in [5.74, 6) is 0.948. The molecule has 0 unspecified atom stereocenters. The van der Waals surface area contributed by atoms with Gasteiger partial charge in [0.05, 0.1) is 11.4 Å². The van der Waals surface area contributed by atoms with E-state index >= 15 is 0 Å². The van der Waals surface area contributed by atoms with E-state index < -0.39 is 0 Å². The van der Waals surface area contributed by atoms with Crippen LogP contribution in [0.25, 0.3) is 0 Å². The van der Waals surface area contributed by atoms with Crippen molar-refractivity contribution in [1.29, 1.82) is 0 Å². The first-order valence-corrected chi connectivity index (χ1v) is 5.89. The molecule has 2 nitrogen and oxygen atoms in total. The highest BCUT2D eigenvalue weighted by Crippen LogP contribution is 2.29. The van der Waals surface area contributed by atoms with Gasteiger partial charge in [-0.25, -0.2) is 0 Å². The van der Waals surface area contributed by atoms with Crippen LogP contribution in [0.3, 0.4) is 0 Å². The van der Waals surface area contributed by atoms with Gasteiger partial charge in [-0.2, -0.15) is 0 Å². The molecule has 0 aliphatic heterocycles. The third kappa shape index (κ3) is 2.65. The van der Waals surface area contributed by atoms with Crippen LogP contribution in [0.4, 0.5) is 11.4 Å². The van der Waals surface area contributed by atoms with Crippen LogP contribution in [0.1, 0.15) is 37.7 Å². The van der Waals surface area contributed by atoms with Crippen LogP contribution in [0.2, 0.25) is 0 Å². The lowest BCUT2D eigenvalue weighted by molar-refractivity contribution is 0.504. The Morgan fingerprint density at radius 2 is 1.80 bits per heavy atom. The number of nitrogens with two attached hydrogens (primary N) is 2. The molecular formula is C13H20N2. The SMILES string of the molecule is Nc1ccc(CCC2CCCC2)cc1N. The second kappa shape index (κ2) is 4.56. The van der Waals surface area contributed by atoms with Gasteiger partial charge in [-0.1, -0.05) is 31.7 Å². The smallest absolute Gasteiger partial charge is 0.0550 e. The largest absolute Gasteiger partial charge is 0.397 e. The van der Waals surface area contributed by atoms with E-state index in [1.807, 2.05) is 12.1 Å². The molecule has 1 saturated carbocycles. The lowest BCUT2D eigenvalue weighted by atomic mass is 9.98. The Balaban J connectivity index is 1.90. The van der Waals surface area contributed by atoms with E-state index in [1.165, 1.54) is 37.7 Å². The molecule has 1 aromatic carbocycles. The Labute approximate surface area is 91.7 Å². The molecule has 0 radical (unpaired) electrons. The highest BCUT2D eigenvalue weighted by atomic mass is 14.7. The standard InChI is InChI=1S/C13H20N2/c14-12-8-7-11(9-13(12)15)6-5-10-3-1-2-4-10/h7-10H,1-6,14-15H2. The minimum absolute atomic E-state index is 0.694. The van der Waals surface area contributed by atoms with Crippen molar-refractivity contribution in [2.75, 3.05) is 11.5 Å². The van der Waals surface area contributed by atoms with E-state index in [-0.39, 0.29) is 0 Å². The quantitative estimate of drug-likeness (QED) is 0.744. The number of benzene rings is 1. The fraction of sp³-hybridized carbons (Fsp3) is 0.538. The van der Waals surface area contributed by atoms with Crippen LogP contribution in [0.5, 0.6) is 0 Å². The molecule has 1 aliphatic carbocycles. The van der Waals surface area contributed by atoms with Crippen molar-refractivity contribution >= 4 is 11.4 Å². The third-order valence-electron chi connectivity index (χ3n) is 3.47. The zero-order chi connectivity index (χ0) is 10.7. The van der Waals surface area contributed by atoms with Crippen molar-refractivity contribution in [3.05, 3.63) is 23.8 Å². The van der Waals surface area contributed by atoms with Crippen molar-refractivity contribution in [3.8, 4) is 0 Å². The molecule has 0 heterocycles. The van der Waals surface area contributed by atoms with Gasteiger partial charge in [0.1, 0.15) is 0 Å². The van der Waals surface area contributed by atoms with Gasteiger partial charge in [-0.05, 0) is 36.5 Å². The third-order valence-corrected chi connectivity index (χ3v) is 3.47. The topological polar surface area (TPSA) is 52.0 Å². The van der Waals surface area contributed by atoms with Gasteiger partial charge >= 0.3 is 0 Å². The molecule has 1 aliphatic rings. The Morgan fingerprint density at radius 1 is 1.07 bits per heavy atom. The van der Waals surface area contributed by atoms with E-state index in [0.717, 1.165) is 18.0 Å². The molecule has 2 heteroatoms. The number of hydrogen-bond donors (Lipinski definition) is 2. The number of hydrogen-bond acceptors (Lipinski definition) is 2. The maximum Gasteiger partial charge on any atom is 0.0550 e. The van der Waals surface area contributed by atoms with Crippen LogP contribution in [-0.2, 0) is 6.42 Å². The molecule has 4 N–H and O–H groups in total. The number of rotatable bonds is 3. The van der Waals surface area contributed by atoms with Crippen LogP contribution in [0.15, 0.2) is 18.2 Å². The first-order chi connectivity index (χ1) is 7.25. The first kappa shape index (κ1) is 10.3. The van der Waals surface area contributed by atoms with Crippen molar-refractivity contribution in [3.63, 3.8) is 0 Å². The average molecular weight is 204 g/mol. The van der Waals surface area contributed by atoms with Crippen LogP contribution in [-0.4, -0.2) is 0 Å². The minimum atomic E-state index is 0.694. The predicted molar refractivity (Wildman–Crippen MR) is 65.5 cm³/mol. The molecule has 1 aromatic rings. The molecule has 0 saturated heterocycles. The lowest BCUT2D eigenvalue weighted by Crippen LogP contribution is -1.99. The summed E-state index contributed by atoms with van der Waals surface area (Å²) in [6.07, 6.45) is 8.15. The van der Waals surface area contributed by atoms with Crippen LogP contribution in [0, 0.1) is 5.92 Å². The van der Waals surface area contributed by atoms with E-state index in [1.54, 1.807) is 0 Å². The van der Waals surface area contributed by atoms with Gasteiger partial charge in [0, 0.05) is 0 Å². The summed E-state index contributed by atoms with van der Waals surface area (Å²) >= 11 is 0. The van der Waals surface area contributed by atoms with Gasteiger partial charge in [0.15, 0.2) is 0 Å². The zero-order valence-electron chi connectivity index (χ0n) is 9.21. The summed E-state index contributed by atoms with van der Waals surface area (Å²) < 4.78 is 0. The summed E-state index contributed by atoms with van der Waals surface area (Å²) in [4.78, 5) is 0. The average Bonchev–Trinajstić information content (AvgIpc) is 2.73. The van der Waals surface area contributed by atoms with Gasteiger partial charge in [0.2, 0.25) is 0 Å². The van der Waals surface area contributed by atoms with E-state index in [2.05, 4.69) is 6.07 Å². The Hall–Kier alpha value is -1.18. The number of aryl methyl sites for hydroxylation is 1. The van der Waals surface area contributed by atoms with Gasteiger partial charge in [-0.15, -0.1) is 0 Å². The van der Waals surface area contributed by atoms with E-state index in [0.29, 0.717) is 5.69 Å². The molecular weight excluding hydrogens is 184 g/mol. The Morgan fingerprint density at radius 3 is 2.47 bits per heavy atom. The highest BCUT2D eigenvalue weighted by Gasteiger charge is 2.14. The summed E-state index contributed by atoms with van der Waals surface area (Å²) in [7, 11) is 0. The Kier molecular flexibility index (Phi) is 3.14. The van der Waals surface area contributed by atoms with E-state index in [9.17, 15) is 0 Å². The lowest BCUT2D eigenvalue weighted by Gasteiger charge is -2.09. The van der Waals surface area contributed by atoms with E-state index in [4.69, 9.17) is 11.5 Å². The number of nitrogen functional groups attached to an aromatic ring is 2. The van der Waals surface area contributed by atoms with Gasteiger partial charge in [-0.3, -0.25) is 0 Å². The van der Waals surface area contributed by atoms with Gasteiger partial charge in [0.25, 0.3) is 0 Å². The fourth-order valence-corrected chi connectivity index (χ4v) is 2.45. The van der Waals surface area contributed by atoms with Gasteiger partial charge < -0.3 is 11.5 Å². The normalized spacial score (nSPS) is 17.1. The van der Waals surface area contributed by atoms with Crippen LogP contribution >= 0.6 is 0 Å². The molecule has 1 fully saturated rings. The number of anilines is 2. The molecule has 0 spiro atoms. The van der Waals surface area contributed by atoms with Crippen molar-refractivity contribution in [2.45, 2.75) is 38.5 Å². The van der Waals surface area contributed by atoms with Crippen molar-refractivity contribution in [2.24, 2.45) is 5.92 Å². The maximum absolute atomic E-state index is 5.78. The molecule has 2 rings (SSSR count). The summed E-state index contributed by atoms with van der Waals surface area (Å²) in [6, 6.07) is 6.03. The molecule has 0 aromatic heterocycles. The maximum atomic E-state index is 5.78. The highest BCUT2D eigenvalue weighted by molar-refractivity contribution is 5.63. The second-order valence-electron chi connectivity index (χ2n) is 4.65. The molecule has 0 amide bonds. The summed E-state index contributed by atoms with van der Waals surface area (Å²) in [5.41, 5.74) is 14.2. The first-order valence-electron chi connectivity index (χ1n) is 5.89. The summed E-state index contributed by atoms with van der Waals surface area (Å²) in [6.45, 7) is 0. The molecule has 0 atom stereocenters. The molecule has 0 bridgehead atoms. The molecule has 82 valence electrons. The Bertz CT molecular complexity index is 327.